The van der Waals surface area contributed by atoms with Gasteiger partial charge in [0.05, 0.1) is 10.6 Å². The summed E-state index contributed by atoms with van der Waals surface area (Å²) in [5, 5.41) is 12.0. The van der Waals surface area contributed by atoms with Crippen molar-refractivity contribution in [2.24, 2.45) is 0 Å². The molecule has 0 bridgehead atoms. The van der Waals surface area contributed by atoms with Crippen LogP contribution in [0.15, 0.2) is 109 Å². The van der Waals surface area contributed by atoms with Crippen LogP contribution in [0.25, 0.3) is 28.2 Å². The van der Waals surface area contributed by atoms with Gasteiger partial charge >= 0.3 is 0 Å². The van der Waals surface area contributed by atoms with E-state index in [2.05, 4.69) is 60.0 Å². The van der Waals surface area contributed by atoms with Gasteiger partial charge in [-0.05, 0) is 48.4 Å². The number of hydrogen-bond donors (Lipinski definition) is 0. The molecule has 0 spiro atoms. The number of rotatable bonds is 7. The van der Waals surface area contributed by atoms with Gasteiger partial charge in [0.2, 0.25) is 0 Å². The largest absolute Gasteiger partial charge is 0.335 e. The monoisotopic (exact) mass is 472 g/mol. The molecule has 0 radical (unpaired) electrons. The minimum absolute atomic E-state index is 0.0406. The zero-order valence-electron chi connectivity index (χ0n) is 19.8. The standard InChI is InChI=1S/C31H24N2O3/c1-22-11-13-25(14-12-22)31-28(19-20-30(34)24-15-17-26(18-16-24)33(35)36)27-9-5-6-10-29(27)32(31)21-23-7-3-2-4-8-23/h2-20H,21H2,1H3/b20-19+. The Labute approximate surface area is 209 Å². The summed E-state index contributed by atoms with van der Waals surface area (Å²) in [4.78, 5) is 23.4. The highest BCUT2D eigenvalue weighted by Gasteiger charge is 2.18. The lowest BCUT2D eigenvalue weighted by Crippen LogP contribution is -2.02. The second kappa shape index (κ2) is 9.84. The van der Waals surface area contributed by atoms with Gasteiger partial charge in [0.1, 0.15) is 0 Å². The highest BCUT2D eigenvalue weighted by molar-refractivity contribution is 6.09. The maximum absolute atomic E-state index is 13.0. The molecule has 5 nitrogen and oxygen atoms in total. The molecule has 0 amide bonds. The van der Waals surface area contributed by atoms with Gasteiger partial charge in [0.15, 0.2) is 5.78 Å². The highest BCUT2D eigenvalue weighted by Crippen LogP contribution is 2.36. The quantitative estimate of drug-likeness (QED) is 0.107. The van der Waals surface area contributed by atoms with E-state index in [9.17, 15) is 14.9 Å². The van der Waals surface area contributed by atoms with E-state index < -0.39 is 4.92 Å². The van der Waals surface area contributed by atoms with E-state index in [1.54, 1.807) is 6.08 Å². The van der Waals surface area contributed by atoms with Crippen LogP contribution in [0, 0.1) is 17.0 Å². The van der Waals surface area contributed by atoms with Crippen molar-refractivity contribution in [3.05, 3.63) is 142 Å². The second-order valence-corrected chi connectivity index (χ2v) is 8.72. The fourth-order valence-electron chi connectivity index (χ4n) is 4.45. The molecule has 0 fully saturated rings. The number of hydrogen-bond acceptors (Lipinski definition) is 3. The normalized spacial score (nSPS) is 11.2. The van der Waals surface area contributed by atoms with Crippen molar-refractivity contribution in [1.29, 1.82) is 0 Å². The molecule has 5 rings (SSSR count). The van der Waals surface area contributed by atoms with Gasteiger partial charge < -0.3 is 4.57 Å². The molecule has 0 aliphatic heterocycles. The maximum Gasteiger partial charge on any atom is 0.269 e. The minimum Gasteiger partial charge on any atom is -0.335 e. The first kappa shape index (κ1) is 23.0. The Balaban J connectivity index is 1.64. The molecule has 5 aromatic rings. The highest BCUT2D eigenvalue weighted by atomic mass is 16.6. The molecule has 36 heavy (non-hydrogen) atoms. The summed E-state index contributed by atoms with van der Waals surface area (Å²) in [7, 11) is 0. The zero-order chi connectivity index (χ0) is 25.1. The molecule has 0 unspecified atom stereocenters. The van der Waals surface area contributed by atoms with Gasteiger partial charge in [0.25, 0.3) is 5.69 Å². The van der Waals surface area contributed by atoms with Crippen LogP contribution in [0.3, 0.4) is 0 Å². The molecule has 4 aromatic carbocycles. The number of benzene rings is 4. The number of aryl methyl sites for hydroxylation is 1. The van der Waals surface area contributed by atoms with E-state index in [0.717, 1.165) is 27.7 Å². The predicted octanol–water partition coefficient (Wildman–Crippen LogP) is 7.47. The molecule has 0 N–H and O–H groups in total. The summed E-state index contributed by atoms with van der Waals surface area (Å²) in [5.74, 6) is -0.209. The summed E-state index contributed by atoms with van der Waals surface area (Å²) < 4.78 is 2.30. The number of nitro groups is 1. The maximum atomic E-state index is 13.0. The predicted molar refractivity (Wildman–Crippen MR) is 144 cm³/mol. The van der Waals surface area contributed by atoms with Crippen molar-refractivity contribution in [3.63, 3.8) is 0 Å². The Bertz CT molecular complexity index is 1580. The van der Waals surface area contributed by atoms with Crippen LogP contribution in [-0.4, -0.2) is 15.3 Å². The number of fused-ring (bicyclic) bond motifs is 1. The topological polar surface area (TPSA) is 65.1 Å². The van der Waals surface area contributed by atoms with Gasteiger partial charge in [-0.15, -0.1) is 0 Å². The Morgan fingerprint density at radius 1 is 0.861 bits per heavy atom. The average Bonchev–Trinajstić information content (AvgIpc) is 3.21. The molecule has 0 atom stereocenters. The van der Waals surface area contributed by atoms with Gasteiger partial charge in [0, 0.05) is 40.7 Å². The first-order valence-electron chi connectivity index (χ1n) is 11.7. The Morgan fingerprint density at radius 3 is 2.22 bits per heavy atom. The number of carbonyl (C=O) groups is 1. The summed E-state index contributed by atoms with van der Waals surface area (Å²) in [6.45, 7) is 2.75. The van der Waals surface area contributed by atoms with Gasteiger partial charge in [-0.25, -0.2) is 0 Å². The minimum atomic E-state index is -0.473. The lowest BCUT2D eigenvalue weighted by molar-refractivity contribution is -0.384. The van der Waals surface area contributed by atoms with Crippen molar-refractivity contribution in [3.8, 4) is 11.3 Å². The smallest absolute Gasteiger partial charge is 0.269 e. The number of non-ortho nitro benzene ring substituents is 1. The fraction of sp³-hybridized carbons (Fsp3) is 0.0645. The van der Waals surface area contributed by atoms with E-state index in [1.807, 2.05) is 36.4 Å². The number of allylic oxidation sites excluding steroid dienone is 1. The van der Waals surface area contributed by atoms with Crippen LogP contribution in [0.1, 0.15) is 27.0 Å². The molecule has 176 valence electrons. The van der Waals surface area contributed by atoms with Crippen molar-refractivity contribution < 1.29 is 9.72 Å². The summed E-state index contributed by atoms with van der Waals surface area (Å²) in [6, 6.07) is 32.6. The van der Waals surface area contributed by atoms with Crippen LogP contribution in [0.2, 0.25) is 0 Å². The number of aromatic nitrogens is 1. The number of para-hydroxylation sites is 1. The lowest BCUT2D eigenvalue weighted by Gasteiger charge is -2.13. The average molecular weight is 473 g/mol. The molecular formula is C31H24N2O3. The van der Waals surface area contributed by atoms with E-state index in [0.29, 0.717) is 12.1 Å². The van der Waals surface area contributed by atoms with Gasteiger partial charge in [-0.1, -0.05) is 78.4 Å². The van der Waals surface area contributed by atoms with Crippen LogP contribution in [0.5, 0.6) is 0 Å². The van der Waals surface area contributed by atoms with Crippen LogP contribution < -0.4 is 0 Å². The van der Waals surface area contributed by atoms with Gasteiger partial charge in [-0.2, -0.15) is 0 Å². The van der Waals surface area contributed by atoms with Gasteiger partial charge in [-0.3, -0.25) is 14.9 Å². The van der Waals surface area contributed by atoms with Crippen molar-refractivity contribution in [1.82, 2.24) is 4.57 Å². The summed E-state index contributed by atoms with van der Waals surface area (Å²) in [6.07, 6.45) is 3.41. The third-order valence-electron chi connectivity index (χ3n) is 6.28. The van der Waals surface area contributed by atoms with E-state index in [1.165, 1.54) is 35.4 Å². The van der Waals surface area contributed by atoms with E-state index >= 15 is 0 Å². The summed E-state index contributed by atoms with van der Waals surface area (Å²) >= 11 is 0. The third-order valence-corrected chi connectivity index (χ3v) is 6.28. The molecule has 5 heteroatoms. The first-order chi connectivity index (χ1) is 17.5. The third kappa shape index (κ3) is 4.59. The molecule has 0 saturated carbocycles. The molecular weight excluding hydrogens is 448 g/mol. The molecule has 1 aromatic heterocycles. The number of nitrogens with zero attached hydrogens (tertiary/aromatic N) is 2. The van der Waals surface area contributed by atoms with Crippen molar-refractivity contribution in [2.75, 3.05) is 0 Å². The summed E-state index contributed by atoms with van der Waals surface area (Å²) in [5.41, 5.74) is 6.87. The van der Waals surface area contributed by atoms with Crippen LogP contribution >= 0.6 is 0 Å². The SMILES string of the molecule is Cc1ccc(-c2c(/C=C/C(=O)c3ccc([N+](=O)[O-])cc3)c3ccccc3n2Cc2ccccc2)cc1. The Kier molecular flexibility index (Phi) is 6.29. The molecule has 1 heterocycles. The Hall–Kier alpha value is -4.77. The Morgan fingerprint density at radius 2 is 1.53 bits per heavy atom. The van der Waals surface area contributed by atoms with E-state index in [-0.39, 0.29) is 11.5 Å². The number of ketones is 1. The number of nitro benzene ring substituents is 1. The second-order valence-electron chi connectivity index (χ2n) is 8.72. The van der Waals surface area contributed by atoms with E-state index in [4.69, 9.17) is 0 Å². The molecule has 0 saturated heterocycles. The molecule has 0 aliphatic rings. The van der Waals surface area contributed by atoms with Crippen molar-refractivity contribution in [2.45, 2.75) is 13.5 Å². The molecule has 0 aliphatic carbocycles. The van der Waals surface area contributed by atoms with Crippen LogP contribution in [-0.2, 0) is 6.54 Å². The first-order valence-corrected chi connectivity index (χ1v) is 11.7. The van der Waals surface area contributed by atoms with Crippen LogP contribution in [0.4, 0.5) is 5.69 Å². The zero-order valence-corrected chi connectivity index (χ0v) is 19.8. The lowest BCUT2D eigenvalue weighted by atomic mass is 10.0. The fourth-order valence-corrected chi connectivity index (χ4v) is 4.45. The van der Waals surface area contributed by atoms with Crippen molar-refractivity contribution >= 4 is 28.4 Å². The number of carbonyl (C=O) groups excluding carboxylic acids is 1.